The molecule has 1 aromatic rings. The van der Waals surface area contributed by atoms with Crippen molar-refractivity contribution in [2.45, 2.75) is 13.0 Å². The van der Waals surface area contributed by atoms with Gasteiger partial charge in [-0.15, -0.1) is 0 Å². The van der Waals surface area contributed by atoms with E-state index < -0.39 is 0 Å². The van der Waals surface area contributed by atoms with Crippen LogP contribution in [0.4, 0.5) is 10.1 Å². The zero-order chi connectivity index (χ0) is 12.3. The Bertz CT molecular complexity index is 384. The Morgan fingerprint density at radius 2 is 2.35 bits per heavy atom. The van der Waals surface area contributed by atoms with Crippen LogP contribution in [0.25, 0.3) is 0 Å². The molecule has 0 amide bonds. The first-order valence-electron chi connectivity index (χ1n) is 5.97. The number of methoxy groups -OCH3 is 1. The first-order chi connectivity index (χ1) is 8.26. The minimum atomic E-state index is -0.208. The second-order valence-electron chi connectivity index (χ2n) is 4.50. The van der Waals surface area contributed by atoms with Gasteiger partial charge in [-0.3, -0.25) is 0 Å². The highest BCUT2D eigenvalue weighted by atomic mass is 19.1. The lowest BCUT2D eigenvalue weighted by atomic mass is 10.1. The third kappa shape index (κ3) is 2.58. The molecule has 0 aromatic heterocycles. The van der Waals surface area contributed by atoms with Crippen LogP contribution in [0.2, 0.25) is 0 Å². The summed E-state index contributed by atoms with van der Waals surface area (Å²) in [7, 11) is 1.72. The van der Waals surface area contributed by atoms with Gasteiger partial charge in [0.1, 0.15) is 5.82 Å². The lowest BCUT2D eigenvalue weighted by molar-refractivity contribution is 0.161. The van der Waals surface area contributed by atoms with Crippen LogP contribution in [0.15, 0.2) is 18.2 Å². The first kappa shape index (κ1) is 12.3. The summed E-state index contributed by atoms with van der Waals surface area (Å²) in [5.41, 5.74) is 7.17. The Morgan fingerprint density at radius 1 is 1.53 bits per heavy atom. The molecule has 0 spiro atoms. The van der Waals surface area contributed by atoms with Crippen molar-refractivity contribution in [3.05, 3.63) is 29.6 Å². The number of hydrogen-bond donors (Lipinski definition) is 1. The molecule has 1 atom stereocenters. The summed E-state index contributed by atoms with van der Waals surface area (Å²) in [6.07, 6.45) is 1.09. The Morgan fingerprint density at radius 3 is 3.06 bits per heavy atom. The van der Waals surface area contributed by atoms with Crippen molar-refractivity contribution in [2.75, 3.05) is 31.7 Å². The van der Waals surface area contributed by atoms with Crippen molar-refractivity contribution in [1.82, 2.24) is 0 Å². The van der Waals surface area contributed by atoms with Crippen LogP contribution in [0, 0.1) is 11.7 Å². The van der Waals surface area contributed by atoms with Crippen LogP contribution in [-0.2, 0) is 11.3 Å². The molecule has 0 bridgehead atoms. The average Bonchev–Trinajstić information content (AvgIpc) is 2.78. The summed E-state index contributed by atoms with van der Waals surface area (Å²) >= 11 is 0. The molecule has 1 aromatic carbocycles. The number of anilines is 1. The van der Waals surface area contributed by atoms with E-state index in [0.717, 1.165) is 31.8 Å². The van der Waals surface area contributed by atoms with Crippen LogP contribution in [0.5, 0.6) is 0 Å². The van der Waals surface area contributed by atoms with E-state index >= 15 is 0 Å². The maximum Gasteiger partial charge on any atom is 0.129 e. The largest absolute Gasteiger partial charge is 0.384 e. The van der Waals surface area contributed by atoms with Crippen LogP contribution in [0.3, 0.4) is 0 Å². The van der Waals surface area contributed by atoms with Crippen molar-refractivity contribution in [1.29, 1.82) is 0 Å². The SMILES string of the molecule is COCC1CCN(c2cccc(F)c2CN)C1. The molecule has 3 nitrogen and oxygen atoms in total. The fourth-order valence-electron chi connectivity index (χ4n) is 2.47. The summed E-state index contributed by atoms with van der Waals surface area (Å²) in [6.45, 7) is 2.88. The zero-order valence-electron chi connectivity index (χ0n) is 10.2. The Labute approximate surface area is 101 Å². The van der Waals surface area contributed by atoms with E-state index in [4.69, 9.17) is 10.5 Å². The van der Waals surface area contributed by atoms with Crippen molar-refractivity contribution in [2.24, 2.45) is 11.7 Å². The number of halogens is 1. The van der Waals surface area contributed by atoms with Crippen molar-refractivity contribution in [3.8, 4) is 0 Å². The third-order valence-corrected chi connectivity index (χ3v) is 3.33. The molecule has 1 unspecified atom stereocenters. The van der Waals surface area contributed by atoms with Gasteiger partial charge in [0.15, 0.2) is 0 Å². The third-order valence-electron chi connectivity index (χ3n) is 3.33. The minimum Gasteiger partial charge on any atom is -0.384 e. The number of ether oxygens (including phenoxy) is 1. The minimum absolute atomic E-state index is 0.208. The van der Waals surface area contributed by atoms with E-state index in [-0.39, 0.29) is 12.4 Å². The molecular weight excluding hydrogens is 219 g/mol. The van der Waals surface area contributed by atoms with Gasteiger partial charge < -0.3 is 15.4 Å². The molecule has 0 aliphatic carbocycles. The van der Waals surface area contributed by atoms with Crippen molar-refractivity contribution < 1.29 is 9.13 Å². The van der Waals surface area contributed by atoms with E-state index in [9.17, 15) is 4.39 Å². The van der Waals surface area contributed by atoms with Crippen LogP contribution < -0.4 is 10.6 Å². The second-order valence-corrected chi connectivity index (χ2v) is 4.50. The topological polar surface area (TPSA) is 38.5 Å². The molecule has 17 heavy (non-hydrogen) atoms. The maximum absolute atomic E-state index is 13.6. The molecule has 1 fully saturated rings. The molecule has 0 radical (unpaired) electrons. The van der Waals surface area contributed by atoms with Gasteiger partial charge >= 0.3 is 0 Å². The standard InChI is InChI=1S/C13H19FN2O/c1-17-9-10-5-6-16(8-10)13-4-2-3-12(14)11(13)7-15/h2-4,10H,5-9,15H2,1H3. The molecule has 1 heterocycles. The summed E-state index contributed by atoms with van der Waals surface area (Å²) < 4.78 is 18.8. The van der Waals surface area contributed by atoms with E-state index in [2.05, 4.69) is 4.90 Å². The van der Waals surface area contributed by atoms with Gasteiger partial charge in [-0.1, -0.05) is 6.07 Å². The normalized spacial score (nSPS) is 19.9. The molecule has 2 rings (SSSR count). The molecule has 1 aliphatic rings. The lowest BCUT2D eigenvalue weighted by Gasteiger charge is -2.22. The highest BCUT2D eigenvalue weighted by Crippen LogP contribution is 2.28. The Hall–Kier alpha value is -1.13. The Balaban J connectivity index is 2.15. The predicted octanol–water partition coefficient (Wildman–Crippen LogP) is 1.76. The number of hydrogen-bond acceptors (Lipinski definition) is 3. The highest BCUT2D eigenvalue weighted by molar-refractivity contribution is 5.55. The quantitative estimate of drug-likeness (QED) is 0.868. The van der Waals surface area contributed by atoms with E-state index in [1.165, 1.54) is 6.07 Å². The molecule has 0 saturated carbocycles. The van der Waals surface area contributed by atoms with Gasteiger partial charge in [0.25, 0.3) is 0 Å². The summed E-state index contributed by atoms with van der Waals surface area (Å²) in [6, 6.07) is 5.16. The van der Waals surface area contributed by atoms with Gasteiger partial charge in [-0.2, -0.15) is 0 Å². The molecule has 1 saturated heterocycles. The number of rotatable bonds is 4. The Kier molecular flexibility index (Phi) is 3.97. The number of nitrogens with zero attached hydrogens (tertiary/aromatic N) is 1. The number of nitrogens with two attached hydrogens (primary N) is 1. The number of benzene rings is 1. The van der Waals surface area contributed by atoms with E-state index in [1.807, 2.05) is 6.07 Å². The van der Waals surface area contributed by atoms with Gasteiger partial charge in [0.2, 0.25) is 0 Å². The smallest absolute Gasteiger partial charge is 0.129 e. The first-order valence-corrected chi connectivity index (χ1v) is 5.97. The molecule has 2 N–H and O–H groups in total. The molecule has 1 aliphatic heterocycles. The van der Waals surface area contributed by atoms with Crippen molar-refractivity contribution >= 4 is 5.69 Å². The fourth-order valence-corrected chi connectivity index (χ4v) is 2.47. The average molecular weight is 238 g/mol. The molecule has 4 heteroatoms. The van der Waals surface area contributed by atoms with Gasteiger partial charge in [-0.25, -0.2) is 4.39 Å². The second kappa shape index (κ2) is 5.47. The van der Waals surface area contributed by atoms with Gasteiger partial charge in [0.05, 0.1) is 6.61 Å². The van der Waals surface area contributed by atoms with Crippen molar-refractivity contribution in [3.63, 3.8) is 0 Å². The maximum atomic E-state index is 13.6. The molecular formula is C13H19FN2O. The van der Waals surface area contributed by atoms with Crippen LogP contribution >= 0.6 is 0 Å². The highest BCUT2D eigenvalue weighted by Gasteiger charge is 2.24. The van der Waals surface area contributed by atoms with Crippen LogP contribution in [-0.4, -0.2) is 26.8 Å². The fraction of sp³-hybridized carbons (Fsp3) is 0.538. The zero-order valence-corrected chi connectivity index (χ0v) is 10.2. The van der Waals surface area contributed by atoms with E-state index in [0.29, 0.717) is 11.5 Å². The monoisotopic (exact) mass is 238 g/mol. The summed E-state index contributed by atoms with van der Waals surface area (Å²) in [5.74, 6) is 0.328. The summed E-state index contributed by atoms with van der Waals surface area (Å²) in [5, 5.41) is 0. The molecule has 94 valence electrons. The van der Waals surface area contributed by atoms with Crippen LogP contribution in [0.1, 0.15) is 12.0 Å². The lowest BCUT2D eigenvalue weighted by Crippen LogP contribution is -2.23. The summed E-state index contributed by atoms with van der Waals surface area (Å²) in [4.78, 5) is 2.20. The predicted molar refractivity (Wildman–Crippen MR) is 66.5 cm³/mol. The van der Waals surface area contributed by atoms with Gasteiger partial charge in [0, 0.05) is 43.9 Å². The van der Waals surface area contributed by atoms with E-state index in [1.54, 1.807) is 13.2 Å². The van der Waals surface area contributed by atoms with Gasteiger partial charge in [-0.05, 0) is 18.6 Å².